The van der Waals surface area contributed by atoms with E-state index in [1.54, 1.807) is 0 Å². The molecular weight excluding hydrogens is 419 g/mol. The van der Waals surface area contributed by atoms with Gasteiger partial charge in [-0.05, 0) is 35.9 Å². The standard InChI is InChI=1S/C12H6Br3Cl/c13-7-4-5-9(14)8(6-7)12-10(15)2-1-3-11(12)16/h1-6H. The van der Waals surface area contributed by atoms with Crippen molar-refractivity contribution in [1.29, 1.82) is 0 Å². The molecule has 0 nitrogen and oxygen atoms in total. The summed E-state index contributed by atoms with van der Waals surface area (Å²) >= 11 is 16.7. The Labute approximate surface area is 124 Å². The van der Waals surface area contributed by atoms with Crippen molar-refractivity contribution in [2.24, 2.45) is 0 Å². The van der Waals surface area contributed by atoms with Gasteiger partial charge in [-0.2, -0.15) is 0 Å². The highest BCUT2D eigenvalue weighted by molar-refractivity contribution is 9.11. The maximum Gasteiger partial charge on any atom is 0.0496 e. The molecule has 0 aromatic heterocycles. The van der Waals surface area contributed by atoms with Gasteiger partial charge < -0.3 is 0 Å². The zero-order valence-electron chi connectivity index (χ0n) is 7.98. The van der Waals surface area contributed by atoms with Crippen LogP contribution in [0.5, 0.6) is 0 Å². The van der Waals surface area contributed by atoms with E-state index in [1.807, 2.05) is 36.4 Å². The number of hydrogen-bond donors (Lipinski definition) is 0. The topological polar surface area (TPSA) is 0 Å². The SMILES string of the molecule is Clc1cccc(Br)c1-c1cc(Br)ccc1Br. The predicted molar refractivity (Wildman–Crippen MR) is 80.0 cm³/mol. The second-order valence-electron chi connectivity index (χ2n) is 3.22. The molecule has 0 bridgehead atoms. The van der Waals surface area contributed by atoms with E-state index < -0.39 is 0 Å². The summed E-state index contributed by atoms with van der Waals surface area (Å²) in [5.74, 6) is 0. The minimum Gasteiger partial charge on any atom is -0.0836 e. The lowest BCUT2D eigenvalue weighted by Crippen LogP contribution is -1.84. The van der Waals surface area contributed by atoms with Crippen LogP contribution in [0.2, 0.25) is 5.02 Å². The van der Waals surface area contributed by atoms with Crippen LogP contribution in [-0.4, -0.2) is 0 Å². The van der Waals surface area contributed by atoms with E-state index in [0.29, 0.717) is 0 Å². The van der Waals surface area contributed by atoms with Crippen LogP contribution in [0, 0.1) is 0 Å². The predicted octanol–water partition coefficient (Wildman–Crippen LogP) is 6.29. The van der Waals surface area contributed by atoms with Crippen molar-refractivity contribution >= 4 is 59.4 Å². The van der Waals surface area contributed by atoms with Crippen LogP contribution in [0.1, 0.15) is 0 Å². The summed E-state index contributed by atoms with van der Waals surface area (Å²) in [4.78, 5) is 0. The Bertz CT molecular complexity index is 518. The molecule has 82 valence electrons. The molecule has 0 fully saturated rings. The monoisotopic (exact) mass is 422 g/mol. The van der Waals surface area contributed by atoms with Gasteiger partial charge in [0, 0.05) is 24.0 Å². The fourth-order valence-electron chi connectivity index (χ4n) is 1.44. The highest BCUT2D eigenvalue weighted by Crippen LogP contribution is 2.39. The van der Waals surface area contributed by atoms with Gasteiger partial charge in [0.05, 0.1) is 0 Å². The number of rotatable bonds is 1. The van der Waals surface area contributed by atoms with Crippen molar-refractivity contribution < 1.29 is 0 Å². The van der Waals surface area contributed by atoms with Crippen LogP contribution in [0.15, 0.2) is 49.8 Å². The van der Waals surface area contributed by atoms with Gasteiger partial charge in [-0.1, -0.05) is 65.5 Å². The fraction of sp³-hybridized carbons (Fsp3) is 0. The maximum absolute atomic E-state index is 6.22. The van der Waals surface area contributed by atoms with Crippen molar-refractivity contribution in [3.05, 3.63) is 54.8 Å². The second-order valence-corrected chi connectivity index (χ2v) is 6.25. The normalized spacial score (nSPS) is 10.5. The summed E-state index contributed by atoms with van der Waals surface area (Å²) in [5, 5.41) is 0.730. The first-order chi connectivity index (χ1) is 7.59. The Kier molecular flexibility index (Phi) is 4.11. The lowest BCUT2D eigenvalue weighted by molar-refractivity contribution is 1.53. The molecule has 2 aromatic carbocycles. The Morgan fingerprint density at radius 1 is 0.875 bits per heavy atom. The van der Waals surface area contributed by atoms with Crippen molar-refractivity contribution in [1.82, 2.24) is 0 Å². The minimum absolute atomic E-state index is 0.730. The van der Waals surface area contributed by atoms with E-state index in [4.69, 9.17) is 11.6 Å². The Morgan fingerprint density at radius 3 is 2.31 bits per heavy atom. The molecule has 0 aliphatic carbocycles. The largest absolute Gasteiger partial charge is 0.0836 e. The van der Waals surface area contributed by atoms with E-state index in [9.17, 15) is 0 Å². The lowest BCUT2D eigenvalue weighted by Gasteiger charge is -2.09. The molecule has 2 rings (SSSR count). The second kappa shape index (κ2) is 5.21. The average Bonchev–Trinajstić information content (AvgIpc) is 2.23. The lowest BCUT2D eigenvalue weighted by atomic mass is 10.1. The first-order valence-corrected chi connectivity index (χ1v) is 7.24. The van der Waals surface area contributed by atoms with Crippen LogP contribution >= 0.6 is 59.4 Å². The highest BCUT2D eigenvalue weighted by atomic mass is 79.9. The molecule has 0 N–H and O–H groups in total. The van der Waals surface area contributed by atoms with Crippen LogP contribution < -0.4 is 0 Å². The molecule has 16 heavy (non-hydrogen) atoms. The zero-order chi connectivity index (χ0) is 11.7. The average molecular weight is 425 g/mol. The summed E-state index contributed by atoms with van der Waals surface area (Å²) in [6.07, 6.45) is 0. The van der Waals surface area contributed by atoms with Crippen molar-refractivity contribution in [3.8, 4) is 11.1 Å². The molecule has 0 amide bonds. The molecule has 0 spiro atoms. The first-order valence-electron chi connectivity index (χ1n) is 4.49. The summed E-state index contributed by atoms with van der Waals surface area (Å²) < 4.78 is 3.03. The third kappa shape index (κ3) is 2.53. The van der Waals surface area contributed by atoms with Gasteiger partial charge in [-0.3, -0.25) is 0 Å². The van der Waals surface area contributed by atoms with E-state index in [2.05, 4.69) is 47.8 Å². The first kappa shape index (κ1) is 12.6. The third-order valence-corrected chi connectivity index (χ3v) is 4.32. The maximum atomic E-state index is 6.22. The van der Waals surface area contributed by atoms with Gasteiger partial charge in [0.15, 0.2) is 0 Å². The molecule has 0 heterocycles. The summed E-state index contributed by atoms with van der Waals surface area (Å²) in [5.41, 5.74) is 2.06. The summed E-state index contributed by atoms with van der Waals surface area (Å²) in [6.45, 7) is 0. The molecule has 0 saturated heterocycles. The number of hydrogen-bond acceptors (Lipinski definition) is 0. The van der Waals surface area contributed by atoms with E-state index >= 15 is 0 Å². The van der Waals surface area contributed by atoms with Crippen molar-refractivity contribution in [2.75, 3.05) is 0 Å². The highest BCUT2D eigenvalue weighted by Gasteiger charge is 2.11. The molecule has 0 unspecified atom stereocenters. The van der Waals surface area contributed by atoms with E-state index in [-0.39, 0.29) is 0 Å². The van der Waals surface area contributed by atoms with Crippen molar-refractivity contribution in [3.63, 3.8) is 0 Å². The fourth-order valence-corrected chi connectivity index (χ4v) is 3.22. The quantitative estimate of drug-likeness (QED) is 0.504. The summed E-state index contributed by atoms with van der Waals surface area (Å²) in [6, 6.07) is 11.8. The molecule has 2 aromatic rings. The van der Waals surface area contributed by atoms with E-state index in [1.165, 1.54) is 0 Å². The van der Waals surface area contributed by atoms with Gasteiger partial charge in [0.25, 0.3) is 0 Å². The van der Waals surface area contributed by atoms with Gasteiger partial charge in [0.2, 0.25) is 0 Å². The van der Waals surface area contributed by atoms with Gasteiger partial charge in [0.1, 0.15) is 0 Å². The molecular formula is C12H6Br3Cl. The van der Waals surface area contributed by atoms with Gasteiger partial charge >= 0.3 is 0 Å². The molecule has 0 atom stereocenters. The van der Waals surface area contributed by atoms with Crippen molar-refractivity contribution in [2.45, 2.75) is 0 Å². The number of halogens is 4. The molecule has 0 aliphatic heterocycles. The Morgan fingerprint density at radius 2 is 1.62 bits per heavy atom. The zero-order valence-corrected chi connectivity index (χ0v) is 13.5. The molecule has 0 radical (unpaired) electrons. The molecule has 4 heteroatoms. The minimum atomic E-state index is 0.730. The van der Waals surface area contributed by atoms with E-state index in [0.717, 1.165) is 29.6 Å². The molecule has 0 aliphatic rings. The molecule has 0 saturated carbocycles. The Hall–Kier alpha value is 0.170. The third-order valence-electron chi connectivity index (χ3n) is 2.16. The van der Waals surface area contributed by atoms with Crippen LogP contribution in [0.4, 0.5) is 0 Å². The summed E-state index contributed by atoms with van der Waals surface area (Å²) in [7, 11) is 0. The Balaban J connectivity index is 2.72. The van der Waals surface area contributed by atoms with Crippen LogP contribution in [0.25, 0.3) is 11.1 Å². The van der Waals surface area contributed by atoms with Gasteiger partial charge in [-0.25, -0.2) is 0 Å². The smallest absolute Gasteiger partial charge is 0.0496 e. The van der Waals surface area contributed by atoms with Crippen LogP contribution in [-0.2, 0) is 0 Å². The number of benzene rings is 2. The van der Waals surface area contributed by atoms with Crippen LogP contribution in [0.3, 0.4) is 0 Å². The van der Waals surface area contributed by atoms with Gasteiger partial charge in [-0.15, -0.1) is 0 Å².